The van der Waals surface area contributed by atoms with Crippen LogP contribution >= 0.6 is 0 Å². The van der Waals surface area contributed by atoms with Crippen LogP contribution in [0.4, 0.5) is 0 Å². The van der Waals surface area contributed by atoms with Gasteiger partial charge in [0.05, 0.1) is 6.61 Å². The van der Waals surface area contributed by atoms with Crippen molar-refractivity contribution in [2.45, 2.75) is 12.8 Å². The molecule has 1 aliphatic heterocycles. The third-order valence-corrected chi connectivity index (χ3v) is 2.17. The molecule has 1 aromatic rings. The number of esters is 1. The summed E-state index contributed by atoms with van der Waals surface area (Å²) in [4.78, 5) is 11.3. The van der Waals surface area contributed by atoms with Crippen molar-refractivity contribution >= 4 is 5.97 Å². The van der Waals surface area contributed by atoms with Crippen LogP contribution in [0, 0.1) is 5.92 Å². The van der Waals surface area contributed by atoms with Crippen molar-refractivity contribution in [1.29, 1.82) is 0 Å². The Morgan fingerprint density at radius 2 is 1.92 bits per heavy atom. The van der Waals surface area contributed by atoms with Gasteiger partial charge in [0, 0.05) is 0 Å². The van der Waals surface area contributed by atoms with Crippen molar-refractivity contribution in [1.82, 2.24) is 0 Å². The number of carbonyl (C=O) groups is 1. The van der Waals surface area contributed by atoms with E-state index in [1.54, 1.807) is 0 Å². The maximum Gasteiger partial charge on any atom is 0.318 e. The molecule has 1 heterocycles. The van der Waals surface area contributed by atoms with Crippen molar-refractivity contribution in [3.8, 4) is 0 Å². The zero-order chi connectivity index (χ0) is 9.10. The summed E-state index contributed by atoms with van der Waals surface area (Å²) in [5, 5.41) is 0. The molecule has 1 saturated heterocycles. The predicted molar refractivity (Wildman–Crippen MR) is 49.0 cm³/mol. The van der Waals surface area contributed by atoms with E-state index in [2.05, 4.69) is 0 Å². The minimum atomic E-state index is -0.155. The van der Waals surface area contributed by atoms with Crippen LogP contribution in [0.15, 0.2) is 30.3 Å². The van der Waals surface area contributed by atoms with Gasteiger partial charge in [0.15, 0.2) is 0 Å². The molecular weight excluding hydrogens is 164 g/mol. The summed E-state index contributed by atoms with van der Waals surface area (Å²) in [5.74, 6) is 0.657. The van der Waals surface area contributed by atoms with Crippen molar-refractivity contribution in [3.05, 3.63) is 41.8 Å². The van der Waals surface area contributed by atoms with Crippen LogP contribution in [0.2, 0.25) is 0 Å². The Bertz CT molecular complexity index is 292. The largest absolute Gasteiger partial charge is 0.465 e. The molecule has 2 heteroatoms. The second-order valence-electron chi connectivity index (χ2n) is 3.08. The van der Waals surface area contributed by atoms with Crippen LogP contribution < -0.4 is 0 Å². The van der Waals surface area contributed by atoms with Crippen LogP contribution in [-0.4, -0.2) is 12.6 Å². The van der Waals surface area contributed by atoms with E-state index in [4.69, 9.17) is 4.74 Å². The molecule has 67 valence electrons. The van der Waals surface area contributed by atoms with Crippen LogP contribution in [0.5, 0.6) is 0 Å². The summed E-state index contributed by atoms with van der Waals surface area (Å²) < 4.78 is 4.97. The van der Waals surface area contributed by atoms with Crippen LogP contribution in [0.3, 0.4) is 0 Å². The smallest absolute Gasteiger partial charge is 0.318 e. The third-order valence-electron chi connectivity index (χ3n) is 2.17. The van der Waals surface area contributed by atoms with Crippen LogP contribution in [0.25, 0.3) is 0 Å². The topological polar surface area (TPSA) is 26.3 Å². The molecule has 1 fully saturated rings. The molecule has 0 aliphatic carbocycles. The third kappa shape index (κ3) is 1.72. The molecule has 2 rings (SSSR count). The molecule has 0 amide bonds. The number of rotatable bonds is 1. The van der Waals surface area contributed by atoms with E-state index in [0.717, 1.165) is 24.3 Å². The highest BCUT2D eigenvalue weighted by molar-refractivity contribution is 5.90. The molecule has 13 heavy (non-hydrogen) atoms. The highest BCUT2D eigenvalue weighted by Crippen LogP contribution is 2.24. The van der Waals surface area contributed by atoms with Gasteiger partial charge >= 0.3 is 5.97 Å². The lowest BCUT2D eigenvalue weighted by atomic mass is 9.93. The maximum absolute atomic E-state index is 11.3. The molecule has 1 radical (unpaired) electrons. The SMILES string of the molecule is O=C1OCCC[C]1c1ccccc1. The van der Waals surface area contributed by atoms with E-state index in [1.165, 1.54) is 0 Å². The summed E-state index contributed by atoms with van der Waals surface area (Å²) >= 11 is 0. The van der Waals surface area contributed by atoms with Crippen molar-refractivity contribution in [2.24, 2.45) is 0 Å². The first kappa shape index (κ1) is 8.30. The number of cyclic esters (lactones) is 1. The molecule has 0 atom stereocenters. The van der Waals surface area contributed by atoms with E-state index in [0.29, 0.717) is 6.61 Å². The summed E-state index contributed by atoms with van der Waals surface area (Å²) in [6, 6.07) is 9.70. The summed E-state index contributed by atoms with van der Waals surface area (Å²) in [6.07, 6.45) is 1.78. The lowest BCUT2D eigenvalue weighted by Gasteiger charge is -2.19. The van der Waals surface area contributed by atoms with Gasteiger partial charge in [0.25, 0.3) is 0 Å². The second kappa shape index (κ2) is 3.60. The molecule has 0 bridgehead atoms. The number of hydrogen-bond acceptors (Lipinski definition) is 2. The molecule has 0 N–H and O–H groups in total. The number of carbonyl (C=O) groups excluding carboxylic acids is 1. The quantitative estimate of drug-likeness (QED) is 0.610. The van der Waals surface area contributed by atoms with Gasteiger partial charge in [-0.25, -0.2) is 0 Å². The Kier molecular flexibility index (Phi) is 2.30. The molecule has 2 nitrogen and oxygen atoms in total. The molecular formula is C11H11O2. The molecule has 0 spiro atoms. The summed E-state index contributed by atoms with van der Waals surface area (Å²) in [5.41, 5.74) is 0.993. The minimum absolute atomic E-state index is 0.155. The zero-order valence-corrected chi connectivity index (χ0v) is 7.32. The highest BCUT2D eigenvalue weighted by atomic mass is 16.5. The summed E-state index contributed by atoms with van der Waals surface area (Å²) in [7, 11) is 0. The molecule has 0 saturated carbocycles. The Balaban J connectivity index is 2.20. The average Bonchev–Trinajstić information content (AvgIpc) is 2.20. The first-order chi connectivity index (χ1) is 6.38. The van der Waals surface area contributed by atoms with Gasteiger partial charge in [-0.2, -0.15) is 0 Å². The van der Waals surface area contributed by atoms with Gasteiger partial charge in [-0.15, -0.1) is 0 Å². The summed E-state index contributed by atoms with van der Waals surface area (Å²) in [6.45, 7) is 0.565. The van der Waals surface area contributed by atoms with E-state index in [9.17, 15) is 4.79 Å². The van der Waals surface area contributed by atoms with Crippen molar-refractivity contribution in [2.75, 3.05) is 6.61 Å². The fraction of sp³-hybridized carbons (Fsp3) is 0.273. The average molecular weight is 175 g/mol. The Hall–Kier alpha value is -1.31. The number of ether oxygens (including phenoxy) is 1. The first-order valence-corrected chi connectivity index (χ1v) is 4.46. The van der Waals surface area contributed by atoms with Gasteiger partial charge in [-0.3, -0.25) is 4.79 Å². The number of hydrogen-bond donors (Lipinski definition) is 0. The van der Waals surface area contributed by atoms with E-state index >= 15 is 0 Å². The molecule has 1 aliphatic rings. The van der Waals surface area contributed by atoms with Crippen LogP contribution in [0.1, 0.15) is 18.4 Å². The van der Waals surface area contributed by atoms with Gasteiger partial charge in [0.2, 0.25) is 0 Å². The van der Waals surface area contributed by atoms with E-state index < -0.39 is 0 Å². The van der Waals surface area contributed by atoms with Crippen LogP contribution in [-0.2, 0) is 9.53 Å². The van der Waals surface area contributed by atoms with Gasteiger partial charge in [-0.05, 0) is 18.4 Å². The van der Waals surface area contributed by atoms with Gasteiger partial charge < -0.3 is 4.74 Å². The monoisotopic (exact) mass is 175 g/mol. The Morgan fingerprint density at radius 1 is 1.15 bits per heavy atom. The minimum Gasteiger partial charge on any atom is -0.465 e. The normalized spacial score (nSPS) is 18.3. The molecule has 0 unspecified atom stereocenters. The Morgan fingerprint density at radius 3 is 2.62 bits per heavy atom. The van der Waals surface area contributed by atoms with E-state index in [-0.39, 0.29) is 5.97 Å². The Labute approximate surface area is 77.5 Å². The lowest BCUT2D eigenvalue weighted by Crippen LogP contribution is -2.22. The lowest BCUT2D eigenvalue weighted by molar-refractivity contribution is -0.143. The second-order valence-corrected chi connectivity index (χ2v) is 3.08. The highest BCUT2D eigenvalue weighted by Gasteiger charge is 2.26. The fourth-order valence-electron chi connectivity index (χ4n) is 1.50. The zero-order valence-electron chi connectivity index (χ0n) is 7.32. The fourth-order valence-corrected chi connectivity index (χ4v) is 1.50. The van der Waals surface area contributed by atoms with E-state index in [1.807, 2.05) is 30.3 Å². The van der Waals surface area contributed by atoms with Gasteiger partial charge in [0.1, 0.15) is 5.92 Å². The maximum atomic E-state index is 11.3. The molecule has 0 aromatic heterocycles. The van der Waals surface area contributed by atoms with Crippen molar-refractivity contribution in [3.63, 3.8) is 0 Å². The predicted octanol–water partition coefficient (Wildman–Crippen LogP) is 1.95. The first-order valence-electron chi connectivity index (χ1n) is 4.46. The molecule has 1 aromatic carbocycles. The standard InChI is InChI=1S/C11H11O2/c12-11-10(7-4-8-13-11)9-5-2-1-3-6-9/h1-3,5-6H,4,7-8H2. The van der Waals surface area contributed by atoms with Crippen molar-refractivity contribution < 1.29 is 9.53 Å². The van der Waals surface area contributed by atoms with Gasteiger partial charge in [-0.1, -0.05) is 30.3 Å². The number of benzene rings is 1.